The fourth-order valence-corrected chi connectivity index (χ4v) is 9.80. The monoisotopic (exact) mass is 744 g/mol. The van der Waals surface area contributed by atoms with Crippen LogP contribution in [0.3, 0.4) is 0 Å². The van der Waals surface area contributed by atoms with Gasteiger partial charge in [-0.2, -0.15) is 0 Å². The van der Waals surface area contributed by atoms with Crippen molar-refractivity contribution >= 4 is 70.4 Å². The van der Waals surface area contributed by atoms with E-state index < -0.39 is 0 Å². The van der Waals surface area contributed by atoms with E-state index in [4.69, 9.17) is 0 Å². The molecule has 0 aliphatic rings. The molecular weight excluding hydrogens is 709 g/mol. The van der Waals surface area contributed by atoms with Crippen molar-refractivity contribution < 1.29 is 0 Å². The maximum atomic E-state index is 2.48. The van der Waals surface area contributed by atoms with Gasteiger partial charge in [0.15, 0.2) is 0 Å². The van der Waals surface area contributed by atoms with Crippen molar-refractivity contribution in [1.82, 2.24) is 4.57 Å². The molecule has 0 saturated heterocycles. The molecule has 0 aliphatic carbocycles. The molecule has 268 valence electrons. The number of thiophene rings is 1. The first-order valence-electron chi connectivity index (χ1n) is 19.4. The highest BCUT2D eigenvalue weighted by Crippen LogP contribution is 2.48. The standard InChI is InChI=1S/C54H36N2S/c1-3-16-37(17-4-1)38-30-32-40(33-31-38)43-21-8-12-26-49(43)56-50-27-13-9-22-44(50)45-35-34-41(36-52(45)56)55(48-25-11-7-20-42(48)39-18-5-2-6-19-39)51-28-15-24-47-46-23-10-14-29-53(46)57-54(47)51/h1-36H. The van der Waals surface area contributed by atoms with E-state index in [1.807, 2.05) is 11.3 Å². The second-order valence-corrected chi connectivity index (χ2v) is 15.5. The molecule has 57 heavy (non-hydrogen) atoms. The molecule has 0 unspecified atom stereocenters. The van der Waals surface area contributed by atoms with E-state index >= 15 is 0 Å². The van der Waals surface area contributed by atoms with Crippen LogP contribution < -0.4 is 4.90 Å². The second kappa shape index (κ2) is 13.8. The lowest BCUT2D eigenvalue weighted by Crippen LogP contribution is -2.11. The van der Waals surface area contributed by atoms with Gasteiger partial charge in [0.1, 0.15) is 0 Å². The first kappa shape index (κ1) is 33.2. The van der Waals surface area contributed by atoms with Gasteiger partial charge in [-0.25, -0.2) is 0 Å². The summed E-state index contributed by atoms with van der Waals surface area (Å²) in [6, 6.07) is 79.4. The Labute approximate surface area is 335 Å². The Morgan fingerprint density at radius 3 is 1.74 bits per heavy atom. The van der Waals surface area contributed by atoms with Crippen LogP contribution in [0.25, 0.3) is 81.0 Å². The minimum Gasteiger partial charge on any atom is -0.309 e. The van der Waals surface area contributed by atoms with Gasteiger partial charge in [0.2, 0.25) is 0 Å². The SMILES string of the molecule is c1ccc(-c2ccc(-c3ccccc3-n3c4ccccc4c4ccc(N(c5ccccc5-c5ccccc5)c5cccc6c5sc5ccccc56)cc43)cc2)cc1. The molecule has 0 radical (unpaired) electrons. The highest BCUT2D eigenvalue weighted by atomic mass is 32.1. The van der Waals surface area contributed by atoms with Gasteiger partial charge < -0.3 is 9.47 Å². The van der Waals surface area contributed by atoms with Crippen LogP contribution in [0.5, 0.6) is 0 Å². The maximum Gasteiger partial charge on any atom is 0.0640 e. The molecule has 11 aromatic rings. The van der Waals surface area contributed by atoms with Gasteiger partial charge in [-0.1, -0.05) is 176 Å². The van der Waals surface area contributed by atoms with E-state index in [1.54, 1.807) is 0 Å². The fourth-order valence-electron chi connectivity index (χ4n) is 8.59. The molecule has 0 aliphatic heterocycles. The number of fused-ring (bicyclic) bond motifs is 6. The van der Waals surface area contributed by atoms with Crippen molar-refractivity contribution in [1.29, 1.82) is 0 Å². The molecule has 0 spiro atoms. The molecule has 2 aromatic heterocycles. The summed E-state index contributed by atoms with van der Waals surface area (Å²) in [4.78, 5) is 2.48. The number of aromatic nitrogens is 1. The molecule has 9 aromatic carbocycles. The summed E-state index contributed by atoms with van der Waals surface area (Å²) in [7, 11) is 0. The lowest BCUT2D eigenvalue weighted by atomic mass is 9.99. The molecule has 0 atom stereocenters. The minimum absolute atomic E-state index is 1.10. The predicted molar refractivity (Wildman–Crippen MR) is 245 cm³/mol. The molecule has 3 heteroatoms. The molecule has 0 N–H and O–H groups in total. The van der Waals surface area contributed by atoms with Crippen molar-refractivity contribution in [3.63, 3.8) is 0 Å². The summed E-state index contributed by atoms with van der Waals surface area (Å²) in [5.41, 5.74) is 14.1. The van der Waals surface area contributed by atoms with Gasteiger partial charge >= 0.3 is 0 Å². The normalized spacial score (nSPS) is 11.5. The van der Waals surface area contributed by atoms with Gasteiger partial charge in [0.25, 0.3) is 0 Å². The maximum absolute atomic E-state index is 2.48. The fraction of sp³-hybridized carbons (Fsp3) is 0. The topological polar surface area (TPSA) is 8.17 Å². The number of rotatable bonds is 7. The Morgan fingerprint density at radius 1 is 0.351 bits per heavy atom. The summed E-state index contributed by atoms with van der Waals surface area (Å²) in [6.45, 7) is 0. The number of anilines is 3. The van der Waals surface area contributed by atoms with E-state index in [9.17, 15) is 0 Å². The van der Waals surface area contributed by atoms with Crippen molar-refractivity contribution in [2.75, 3.05) is 4.90 Å². The minimum atomic E-state index is 1.10. The molecule has 0 bridgehead atoms. The third-order valence-corrected chi connectivity index (χ3v) is 12.4. The van der Waals surface area contributed by atoms with Crippen LogP contribution in [0, 0.1) is 0 Å². The van der Waals surface area contributed by atoms with Crippen LogP contribution in [-0.2, 0) is 0 Å². The van der Waals surface area contributed by atoms with Gasteiger partial charge in [-0.3, -0.25) is 0 Å². The summed E-state index contributed by atoms with van der Waals surface area (Å²) in [5.74, 6) is 0. The summed E-state index contributed by atoms with van der Waals surface area (Å²) >= 11 is 1.87. The second-order valence-electron chi connectivity index (χ2n) is 14.5. The zero-order chi connectivity index (χ0) is 37.7. The van der Waals surface area contributed by atoms with Gasteiger partial charge in [-0.15, -0.1) is 11.3 Å². The third-order valence-electron chi connectivity index (χ3n) is 11.2. The Balaban J connectivity index is 1.16. The van der Waals surface area contributed by atoms with Crippen molar-refractivity contribution in [3.05, 3.63) is 218 Å². The number of para-hydroxylation sites is 3. The first-order chi connectivity index (χ1) is 28.3. The van der Waals surface area contributed by atoms with E-state index in [1.165, 1.54) is 69.8 Å². The Kier molecular flexibility index (Phi) is 8.04. The van der Waals surface area contributed by atoms with Crippen molar-refractivity contribution in [2.24, 2.45) is 0 Å². The molecule has 2 nitrogen and oxygen atoms in total. The first-order valence-corrected chi connectivity index (χ1v) is 20.3. The van der Waals surface area contributed by atoms with Crippen LogP contribution in [0.4, 0.5) is 17.1 Å². The summed E-state index contributed by atoms with van der Waals surface area (Å²) in [5, 5.41) is 5.02. The highest BCUT2D eigenvalue weighted by molar-refractivity contribution is 7.26. The zero-order valence-electron chi connectivity index (χ0n) is 31.1. The van der Waals surface area contributed by atoms with Crippen LogP contribution in [0.1, 0.15) is 0 Å². The lowest BCUT2D eigenvalue weighted by Gasteiger charge is -2.28. The Hall–Kier alpha value is -7.20. The van der Waals surface area contributed by atoms with E-state index in [0.717, 1.165) is 28.3 Å². The van der Waals surface area contributed by atoms with Crippen molar-refractivity contribution in [2.45, 2.75) is 0 Å². The smallest absolute Gasteiger partial charge is 0.0640 e. The van der Waals surface area contributed by atoms with Gasteiger partial charge in [0.05, 0.1) is 32.8 Å². The molecule has 2 heterocycles. The highest BCUT2D eigenvalue weighted by Gasteiger charge is 2.23. The summed E-state index contributed by atoms with van der Waals surface area (Å²) < 4.78 is 5.03. The van der Waals surface area contributed by atoms with Gasteiger partial charge in [0, 0.05) is 43.1 Å². The molecule has 0 saturated carbocycles. The lowest BCUT2D eigenvalue weighted by molar-refractivity contribution is 1.18. The number of hydrogen-bond acceptors (Lipinski definition) is 2. The van der Waals surface area contributed by atoms with Crippen molar-refractivity contribution in [3.8, 4) is 39.1 Å². The van der Waals surface area contributed by atoms with Crippen LogP contribution in [0.15, 0.2) is 218 Å². The Bertz CT molecular complexity index is 3230. The molecular formula is C54H36N2S. The van der Waals surface area contributed by atoms with E-state index in [0.29, 0.717) is 0 Å². The van der Waals surface area contributed by atoms with Crippen LogP contribution in [0.2, 0.25) is 0 Å². The molecule has 0 fully saturated rings. The molecule has 11 rings (SSSR count). The van der Waals surface area contributed by atoms with E-state index in [-0.39, 0.29) is 0 Å². The largest absolute Gasteiger partial charge is 0.309 e. The summed E-state index contributed by atoms with van der Waals surface area (Å²) in [6.07, 6.45) is 0. The van der Waals surface area contributed by atoms with Gasteiger partial charge in [-0.05, 0) is 64.7 Å². The number of hydrogen-bond donors (Lipinski definition) is 0. The molecule has 0 amide bonds. The number of benzene rings is 9. The number of nitrogens with zero attached hydrogens (tertiary/aromatic N) is 2. The average Bonchev–Trinajstić information content (AvgIpc) is 3.83. The van der Waals surface area contributed by atoms with Crippen LogP contribution in [-0.4, -0.2) is 4.57 Å². The quantitative estimate of drug-likeness (QED) is 0.158. The zero-order valence-corrected chi connectivity index (χ0v) is 31.9. The third kappa shape index (κ3) is 5.63. The van der Waals surface area contributed by atoms with E-state index in [2.05, 4.69) is 228 Å². The Morgan fingerprint density at radius 2 is 0.912 bits per heavy atom. The van der Waals surface area contributed by atoms with Crippen LogP contribution >= 0.6 is 11.3 Å². The predicted octanol–water partition coefficient (Wildman–Crippen LogP) is 15.6. The average molecular weight is 745 g/mol.